The number of quaternary nitrogens is 1. The first-order valence-corrected chi connectivity index (χ1v) is 9.86. The number of hydrogen-bond donors (Lipinski definition) is 1. The third-order valence-electron chi connectivity index (χ3n) is 8.52. The lowest BCUT2D eigenvalue weighted by molar-refractivity contribution is -0.975. The van der Waals surface area contributed by atoms with Crippen molar-refractivity contribution in [3.63, 3.8) is 0 Å². The van der Waals surface area contributed by atoms with Crippen LogP contribution in [0.4, 0.5) is 0 Å². The molecule has 0 aromatic heterocycles. The van der Waals surface area contributed by atoms with Gasteiger partial charge in [-0.3, -0.25) is 4.48 Å². The van der Waals surface area contributed by atoms with Crippen molar-refractivity contribution < 1.29 is 9.59 Å². The van der Waals surface area contributed by atoms with Gasteiger partial charge in [-0.25, -0.2) is 0 Å². The highest BCUT2D eigenvalue weighted by atomic mass is 16.3. The number of rotatable bonds is 4. The maximum atomic E-state index is 10.00. The van der Waals surface area contributed by atoms with Crippen molar-refractivity contribution in [2.24, 2.45) is 0 Å². The highest BCUT2D eigenvalue weighted by Gasteiger charge is 3.03. The summed E-state index contributed by atoms with van der Waals surface area (Å²) in [7, 11) is 0. The fourth-order valence-electron chi connectivity index (χ4n) is 8.27. The van der Waals surface area contributed by atoms with Gasteiger partial charge in [0.25, 0.3) is 0 Å². The smallest absolute Gasteiger partial charge is 0.180 e. The van der Waals surface area contributed by atoms with Crippen LogP contribution >= 0.6 is 0 Å². The molecule has 4 heterocycles. The Morgan fingerprint density at radius 1 is 0.960 bits per heavy atom. The van der Waals surface area contributed by atoms with Crippen LogP contribution in [0.5, 0.6) is 0 Å². The van der Waals surface area contributed by atoms with Gasteiger partial charge >= 0.3 is 0 Å². The van der Waals surface area contributed by atoms with Crippen LogP contribution in [0, 0.1) is 0 Å². The number of aliphatic hydroxyl groups is 1. The first-order chi connectivity index (χ1) is 12.2. The summed E-state index contributed by atoms with van der Waals surface area (Å²) in [6.07, 6.45) is 4.64. The predicted molar refractivity (Wildman–Crippen MR) is 98.0 cm³/mol. The highest BCUT2D eigenvalue weighted by molar-refractivity contribution is 5.61. The van der Waals surface area contributed by atoms with E-state index < -0.39 is 0 Å². The standard InChI is InChI=1S/C23H26NO/c1-3-12-23-19-11-7-5-9-17(19)21(2)16-8-4-6-10-18(16)22(13-14-25)15-20(23)24(21,22)23/h4-11,20,25H,3,12-15H2,1-2H3/q+1/t20?,21?,22-,23-,24?/m0/s1. The van der Waals surface area contributed by atoms with Crippen LogP contribution in [-0.2, 0) is 16.6 Å². The van der Waals surface area contributed by atoms with E-state index in [4.69, 9.17) is 0 Å². The molecule has 25 heavy (non-hydrogen) atoms. The Hall–Kier alpha value is -1.64. The fraction of sp³-hybridized carbons (Fsp3) is 0.478. The first kappa shape index (κ1) is 14.5. The van der Waals surface area contributed by atoms with E-state index in [9.17, 15) is 5.11 Å². The van der Waals surface area contributed by atoms with E-state index in [0.29, 0.717) is 0 Å². The molecule has 4 aliphatic rings. The van der Waals surface area contributed by atoms with Gasteiger partial charge in [0.15, 0.2) is 17.1 Å². The number of fused-ring (bicyclic) bond motifs is 7. The molecule has 0 bridgehead atoms. The minimum Gasteiger partial charge on any atom is -0.396 e. The number of hydrogen-bond acceptors (Lipinski definition) is 1. The molecule has 2 heteroatoms. The molecule has 0 radical (unpaired) electrons. The maximum absolute atomic E-state index is 10.00. The van der Waals surface area contributed by atoms with Crippen LogP contribution < -0.4 is 0 Å². The van der Waals surface area contributed by atoms with Crippen molar-refractivity contribution in [3.8, 4) is 0 Å². The van der Waals surface area contributed by atoms with E-state index in [1.165, 1.54) is 34.9 Å². The van der Waals surface area contributed by atoms with Gasteiger partial charge in [-0.15, -0.1) is 0 Å². The molecule has 3 unspecified atom stereocenters. The molecule has 0 saturated carbocycles. The molecular weight excluding hydrogens is 306 g/mol. The van der Waals surface area contributed by atoms with Crippen molar-refractivity contribution in [1.29, 1.82) is 0 Å². The van der Waals surface area contributed by atoms with Crippen LogP contribution in [0.25, 0.3) is 0 Å². The van der Waals surface area contributed by atoms with Gasteiger partial charge < -0.3 is 5.11 Å². The third kappa shape index (κ3) is 1.04. The normalized spacial score (nSPS) is 43.7. The topological polar surface area (TPSA) is 20.2 Å². The average Bonchev–Trinajstić information content (AvgIpc) is 2.97. The van der Waals surface area contributed by atoms with Gasteiger partial charge in [-0.1, -0.05) is 55.5 Å². The Kier molecular flexibility index (Phi) is 2.34. The molecule has 2 saturated heterocycles. The van der Waals surface area contributed by atoms with Gasteiger partial charge in [-0.2, -0.15) is 0 Å². The Labute approximate surface area is 149 Å². The predicted octanol–water partition coefficient (Wildman–Crippen LogP) is 4.15. The SMILES string of the molecule is CCC[C@]12c3ccccc3C3(C)c4ccccc4[C@]4(CCO)CC1[N+]342. The molecule has 5 atom stereocenters. The molecule has 0 amide bonds. The minimum absolute atomic E-state index is 0.0560. The fourth-order valence-corrected chi connectivity index (χ4v) is 8.27. The lowest BCUT2D eigenvalue weighted by atomic mass is 9.76. The van der Waals surface area contributed by atoms with Gasteiger partial charge in [0, 0.05) is 41.7 Å². The molecule has 1 N–H and O–H groups in total. The lowest BCUT2D eigenvalue weighted by Gasteiger charge is -2.50. The van der Waals surface area contributed by atoms with Crippen LogP contribution in [0.1, 0.15) is 61.8 Å². The summed E-state index contributed by atoms with van der Waals surface area (Å²) in [5.74, 6) is 0. The number of aliphatic hydroxyl groups excluding tert-OH is 1. The van der Waals surface area contributed by atoms with Crippen molar-refractivity contribution in [1.82, 2.24) is 0 Å². The van der Waals surface area contributed by atoms with E-state index in [2.05, 4.69) is 62.4 Å². The minimum atomic E-state index is 0.0560. The van der Waals surface area contributed by atoms with E-state index >= 15 is 0 Å². The number of benzene rings is 2. The molecule has 2 nitrogen and oxygen atoms in total. The Balaban J connectivity index is 1.74. The maximum Gasteiger partial charge on any atom is 0.180 e. The van der Waals surface area contributed by atoms with E-state index in [-0.39, 0.29) is 23.2 Å². The molecule has 128 valence electrons. The van der Waals surface area contributed by atoms with Gasteiger partial charge in [0.2, 0.25) is 0 Å². The molecule has 1 spiro atoms. The van der Waals surface area contributed by atoms with Crippen LogP contribution in [-0.4, -0.2) is 22.2 Å². The summed E-state index contributed by atoms with van der Waals surface area (Å²) < 4.78 is 1.19. The van der Waals surface area contributed by atoms with Crippen molar-refractivity contribution in [2.75, 3.05) is 6.61 Å². The van der Waals surface area contributed by atoms with Crippen molar-refractivity contribution in [3.05, 3.63) is 70.8 Å². The largest absolute Gasteiger partial charge is 0.396 e. The quantitative estimate of drug-likeness (QED) is 0.659. The van der Waals surface area contributed by atoms with Crippen molar-refractivity contribution >= 4 is 0 Å². The van der Waals surface area contributed by atoms with E-state index in [1.54, 1.807) is 11.1 Å². The van der Waals surface area contributed by atoms with Crippen LogP contribution in [0.15, 0.2) is 48.5 Å². The van der Waals surface area contributed by atoms with E-state index in [0.717, 1.165) is 12.5 Å². The van der Waals surface area contributed by atoms with Gasteiger partial charge in [0.1, 0.15) is 5.54 Å². The summed E-state index contributed by atoms with van der Waals surface area (Å²) in [5, 5.41) is 10.00. The monoisotopic (exact) mass is 332 g/mol. The number of nitrogens with zero attached hydrogens (tertiary/aromatic N) is 1. The third-order valence-corrected chi connectivity index (χ3v) is 8.52. The summed E-state index contributed by atoms with van der Waals surface area (Å²) in [5.41, 5.74) is 6.67. The summed E-state index contributed by atoms with van der Waals surface area (Å²) in [6.45, 7) is 5.12. The first-order valence-electron chi connectivity index (χ1n) is 9.86. The summed E-state index contributed by atoms with van der Waals surface area (Å²) in [6, 6.07) is 19.1. The molecule has 2 aromatic carbocycles. The lowest BCUT2D eigenvalue weighted by Crippen LogP contribution is -2.62. The van der Waals surface area contributed by atoms with Gasteiger partial charge in [-0.05, 0) is 13.3 Å². The zero-order chi connectivity index (χ0) is 17.1. The van der Waals surface area contributed by atoms with Gasteiger partial charge in [0.05, 0.1) is 6.42 Å². The Morgan fingerprint density at radius 3 is 2.20 bits per heavy atom. The molecular formula is C23H26NO+. The molecule has 4 aliphatic heterocycles. The average molecular weight is 332 g/mol. The summed E-state index contributed by atoms with van der Waals surface area (Å²) in [4.78, 5) is 0. The second-order valence-electron chi connectivity index (χ2n) is 8.79. The van der Waals surface area contributed by atoms with Crippen LogP contribution in [0.3, 0.4) is 0 Å². The Bertz CT molecular complexity index is 899. The molecule has 2 fully saturated rings. The zero-order valence-electron chi connectivity index (χ0n) is 15.1. The Morgan fingerprint density at radius 2 is 1.56 bits per heavy atom. The highest BCUT2D eigenvalue weighted by Crippen LogP contribution is 2.91. The second kappa shape index (κ2) is 4.02. The molecule has 0 aliphatic carbocycles. The van der Waals surface area contributed by atoms with Crippen LogP contribution in [0.2, 0.25) is 0 Å². The zero-order valence-corrected chi connectivity index (χ0v) is 15.1. The molecule has 2 aromatic rings. The second-order valence-corrected chi connectivity index (χ2v) is 8.79. The van der Waals surface area contributed by atoms with E-state index in [1.807, 2.05) is 0 Å². The summed E-state index contributed by atoms with van der Waals surface area (Å²) >= 11 is 0. The van der Waals surface area contributed by atoms with Crippen molar-refractivity contribution in [2.45, 2.75) is 62.2 Å². The molecule has 6 rings (SSSR count).